The molecular weight excluding hydrogens is 304 g/mol. The highest BCUT2D eigenvalue weighted by Gasteiger charge is 2.19. The molecule has 0 saturated heterocycles. The van der Waals surface area contributed by atoms with Gasteiger partial charge in [0.15, 0.2) is 5.65 Å². The van der Waals surface area contributed by atoms with Crippen LogP contribution in [0.15, 0.2) is 23.2 Å². The van der Waals surface area contributed by atoms with Gasteiger partial charge in [-0.2, -0.15) is 0 Å². The van der Waals surface area contributed by atoms with E-state index in [1.165, 1.54) is 0 Å². The summed E-state index contributed by atoms with van der Waals surface area (Å²) in [6, 6.07) is 0. The van der Waals surface area contributed by atoms with E-state index in [2.05, 4.69) is 63.3 Å². The lowest BCUT2D eigenvalue weighted by Gasteiger charge is -2.27. The van der Waals surface area contributed by atoms with Gasteiger partial charge in [-0.15, -0.1) is 0 Å². The molecule has 0 aromatic carbocycles. The third kappa shape index (κ3) is 3.54. The van der Waals surface area contributed by atoms with Crippen LogP contribution in [0.1, 0.15) is 33.4 Å². The van der Waals surface area contributed by atoms with Crippen molar-refractivity contribution >= 4 is 21.6 Å². The number of rotatable bonds is 4. The molecule has 0 saturated carbocycles. The van der Waals surface area contributed by atoms with E-state index in [1.54, 1.807) is 6.20 Å². The van der Waals surface area contributed by atoms with Gasteiger partial charge in [-0.1, -0.05) is 27.7 Å². The Morgan fingerprint density at radius 3 is 2.74 bits per heavy atom. The first kappa shape index (κ1) is 14.5. The number of nitrogens with one attached hydrogen (secondary N) is 1. The van der Waals surface area contributed by atoms with E-state index in [0.717, 1.165) is 29.0 Å². The van der Waals surface area contributed by atoms with Crippen LogP contribution in [-0.2, 0) is 6.54 Å². The number of nitrogens with zero attached hydrogens (tertiary/aromatic N) is 3. The third-order valence-corrected chi connectivity index (χ3v) is 4.09. The van der Waals surface area contributed by atoms with Crippen molar-refractivity contribution < 1.29 is 0 Å². The Balaban J connectivity index is 2.01. The summed E-state index contributed by atoms with van der Waals surface area (Å²) in [6.45, 7) is 10.9. The molecule has 1 unspecified atom stereocenters. The standard InChI is InChI=1S/C14H21BrN4/c1-10(14(2,3)4)5-16-6-11-7-18-13-8-17-12(15)9-19(11)13/h7-10,16H,5-6H2,1-4H3. The molecular formula is C14H21BrN4. The number of halogens is 1. The first-order valence-electron chi connectivity index (χ1n) is 6.56. The minimum Gasteiger partial charge on any atom is -0.311 e. The minimum atomic E-state index is 0.333. The second kappa shape index (κ2) is 5.59. The minimum absolute atomic E-state index is 0.333. The van der Waals surface area contributed by atoms with E-state index in [1.807, 2.05) is 12.4 Å². The fourth-order valence-corrected chi connectivity index (χ4v) is 2.08. The largest absolute Gasteiger partial charge is 0.311 e. The van der Waals surface area contributed by atoms with Gasteiger partial charge in [-0.25, -0.2) is 9.97 Å². The van der Waals surface area contributed by atoms with Crippen molar-refractivity contribution in [2.24, 2.45) is 11.3 Å². The van der Waals surface area contributed by atoms with Crippen molar-refractivity contribution in [1.29, 1.82) is 0 Å². The van der Waals surface area contributed by atoms with Crippen molar-refractivity contribution in [1.82, 2.24) is 19.7 Å². The molecule has 0 aliphatic carbocycles. The van der Waals surface area contributed by atoms with E-state index in [0.29, 0.717) is 11.3 Å². The zero-order chi connectivity index (χ0) is 14.0. The van der Waals surface area contributed by atoms with Gasteiger partial charge in [0.1, 0.15) is 4.60 Å². The highest BCUT2D eigenvalue weighted by molar-refractivity contribution is 9.10. The molecule has 5 heteroatoms. The molecule has 4 nitrogen and oxygen atoms in total. The highest BCUT2D eigenvalue weighted by Crippen LogP contribution is 2.24. The molecule has 2 aromatic heterocycles. The van der Waals surface area contributed by atoms with Crippen molar-refractivity contribution in [2.45, 2.75) is 34.2 Å². The molecule has 0 aliphatic heterocycles. The summed E-state index contributed by atoms with van der Waals surface area (Å²) in [7, 11) is 0. The summed E-state index contributed by atoms with van der Waals surface area (Å²) >= 11 is 3.39. The normalized spacial score (nSPS) is 13.9. The van der Waals surface area contributed by atoms with Crippen molar-refractivity contribution in [3.8, 4) is 0 Å². The number of hydrogen-bond acceptors (Lipinski definition) is 3. The van der Waals surface area contributed by atoms with E-state index in [9.17, 15) is 0 Å². The molecule has 2 aromatic rings. The molecule has 19 heavy (non-hydrogen) atoms. The Kier molecular flexibility index (Phi) is 4.26. The van der Waals surface area contributed by atoms with Crippen LogP contribution in [0, 0.1) is 11.3 Å². The maximum Gasteiger partial charge on any atom is 0.155 e. The average Bonchev–Trinajstić information content (AvgIpc) is 2.70. The zero-order valence-electron chi connectivity index (χ0n) is 11.9. The molecule has 0 aliphatic rings. The molecule has 0 fully saturated rings. The number of fused-ring (bicyclic) bond motifs is 1. The Hall–Kier alpha value is -0.940. The Morgan fingerprint density at radius 1 is 1.32 bits per heavy atom. The summed E-state index contributed by atoms with van der Waals surface area (Å²) in [6.07, 6.45) is 5.62. The molecule has 104 valence electrons. The van der Waals surface area contributed by atoms with Crippen LogP contribution in [-0.4, -0.2) is 20.9 Å². The smallest absolute Gasteiger partial charge is 0.155 e. The van der Waals surface area contributed by atoms with Crippen molar-refractivity contribution in [2.75, 3.05) is 6.54 Å². The molecule has 0 radical (unpaired) electrons. The third-order valence-electron chi connectivity index (χ3n) is 3.68. The van der Waals surface area contributed by atoms with Gasteiger partial charge >= 0.3 is 0 Å². The number of aromatic nitrogens is 3. The summed E-state index contributed by atoms with van der Waals surface area (Å²) < 4.78 is 2.88. The molecule has 0 spiro atoms. The van der Waals surface area contributed by atoms with E-state index < -0.39 is 0 Å². The molecule has 0 amide bonds. The van der Waals surface area contributed by atoms with Crippen LogP contribution in [0.3, 0.4) is 0 Å². The zero-order valence-corrected chi connectivity index (χ0v) is 13.5. The highest BCUT2D eigenvalue weighted by atomic mass is 79.9. The summed E-state index contributed by atoms with van der Waals surface area (Å²) in [4.78, 5) is 8.52. The molecule has 0 bridgehead atoms. The fourth-order valence-electron chi connectivity index (χ4n) is 1.77. The van der Waals surface area contributed by atoms with Crippen molar-refractivity contribution in [3.05, 3.63) is 28.9 Å². The predicted octanol–water partition coefficient (Wildman–Crippen LogP) is 3.26. The number of imidazole rings is 1. The Morgan fingerprint density at radius 2 is 2.05 bits per heavy atom. The van der Waals surface area contributed by atoms with Crippen LogP contribution in [0.25, 0.3) is 5.65 Å². The van der Waals surface area contributed by atoms with Crippen LogP contribution in [0.2, 0.25) is 0 Å². The van der Waals surface area contributed by atoms with Crippen LogP contribution in [0.4, 0.5) is 0 Å². The Labute approximate surface area is 122 Å². The van der Waals surface area contributed by atoms with Gasteiger partial charge in [-0.3, -0.25) is 4.40 Å². The lowest BCUT2D eigenvalue weighted by Crippen LogP contribution is -2.29. The van der Waals surface area contributed by atoms with Gasteiger partial charge in [0.2, 0.25) is 0 Å². The predicted molar refractivity (Wildman–Crippen MR) is 81.0 cm³/mol. The molecule has 2 rings (SSSR count). The van der Waals surface area contributed by atoms with Gasteiger partial charge in [0.05, 0.1) is 18.1 Å². The van der Waals surface area contributed by atoms with E-state index >= 15 is 0 Å². The van der Waals surface area contributed by atoms with E-state index in [4.69, 9.17) is 0 Å². The lowest BCUT2D eigenvalue weighted by atomic mass is 9.82. The average molecular weight is 325 g/mol. The maximum absolute atomic E-state index is 4.35. The van der Waals surface area contributed by atoms with Crippen molar-refractivity contribution in [3.63, 3.8) is 0 Å². The lowest BCUT2D eigenvalue weighted by molar-refractivity contribution is 0.252. The van der Waals surface area contributed by atoms with Gasteiger partial charge in [0, 0.05) is 12.7 Å². The van der Waals surface area contributed by atoms with Gasteiger partial charge in [0.25, 0.3) is 0 Å². The SMILES string of the molecule is CC(CNCc1cnc2cnc(Br)cn12)C(C)(C)C. The first-order valence-corrected chi connectivity index (χ1v) is 7.35. The summed E-state index contributed by atoms with van der Waals surface area (Å²) in [5.74, 6) is 0.625. The fraction of sp³-hybridized carbons (Fsp3) is 0.571. The topological polar surface area (TPSA) is 42.2 Å². The second-order valence-corrected chi connectivity index (χ2v) is 6.90. The van der Waals surface area contributed by atoms with Gasteiger partial charge in [-0.05, 0) is 33.8 Å². The number of hydrogen-bond donors (Lipinski definition) is 1. The maximum atomic E-state index is 4.35. The monoisotopic (exact) mass is 324 g/mol. The molecule has 1 N–H and O–H groups in total. The van der Waals surface area contributed by atoms with E-state index in [-0.39, 0.29) is 0 Å². The molecule has 2 heterocycles. The first-order chi connectivity index (χ1) is 8.88. The van der Waals surface area contributed by atoms with Crippen LogP contribution >= 0.6 is 15.9 Å². The van der Waals surface area contributed by atoms with Crippen LogP contribution < -0.4 is 5.32 Å². The quantitative estimate of drug-likeness (QED) is 0.938. The Bertz CT molecular complexity index is 556. The molecule has 1 atom stereocenters. The summed E-state index contributed by atoms with van der Waals surface area (Å²) in [5, 5.41) is 3.51. The van der Waals surface area contributed by atoms with Crippen LogP contribution in [0.5, 0.6) is 0 Å². The van der Waals surface area contributed by atoms with Gasteiger partial charge < -0.3 is 5.32 Å². The second-order valence-electron chi connectivity index (χ2n) is 6.09. The summed E-state index contributed by atoms with van der Waals surface area (Å²) in [5.41, 5.74) is 2.36.